The van der Waals surface area contributed by atoms with Gasteiger partial charge in [0.2, 0.25) is 5.89 Å². The topological polar surface area (TPSA) is 51.0 Å². The maximum atomic E-state index is 5.50. The summed E-state index contributed by atoms with van der Waals surface area (Å²) in [5, 5.41) is 7.81. The molecule has 0 aliphatic heterocycles. The van der Waals surface area contributed by atoms with E-state index in [2.05, 4.69) is 29.3 Å². The predicted octanol–water partition coefficient (Wildman–Crippen LogP) is 4.22. The molecular formula is C17H31N3O. The lowest BCUT2D eigenvalue weighted by molar-refractivity contribution is 0.343. The Morgan fingerprint density at radius 2 is 1.86 bits per heavy atom. The van der Waals surface area contributed by atoms with Crippen LogP contribution in [0.2, 0.25) is 0 Å². The van der Waals surface area contributed by atoms with Crippen LogP contribution >= 0.6 is 0 Å². The molecule has 1 N–H and O–H groups in total. The minimum Gasteiger partial charge on any atom is -0.339 e. The largest absolute Gasteiger partial charge is 0.339 e. The van der Waals surface area contributed by atoms with Crippen LogP contribution in [0.5, 0.6) is 0 Å². The molecule has 1 atom stereocenters. The van der Waals surface area contributed by atoms with Gasteiger partial charge < -0.3 is 9.84 Å². The molecule has 1 heterocycles. The van der Waals surface area contributed by atoms with Crippen molar-refractivity contribution in [3.63, 3.8) is 0 Å². The zero-order chi connectivity index (χ0) is 14.9. The van der Waals surface area contributed by atoms with Crippen LogP contribution < -0.4 is 5.32 Å². The Morgan fingerprint density at radius 3 is 2.52 bits per heavy atom. The third-order valence-corrected chi connectivity index (χ3v) is 4.55. The van der Waals surface area contributed by atoms with E-state index >= 15 is 0 Å². The first-order chi connectivity index (χ1) is 10.3. The van der Waals surface area contributed by atoms with Crippen molar-refractivity contribution in [3.8, 4) is 0 Å². The first-order valence-corrected chi connectivity index (χ1v) is 8.89. The molecule has 1 aliphatic rings. The van der Waals surface area contributed by atoms with Gasteiger partial charge >= 0.3 is 0 Å². The number of aromatic nitrogens is 2. The number of rotatable bonds is 7. The van der Waals surface area contributed by atoms with Crippen LogP contribution in [0.1, 0.15) is 89.3 Å². The van der Waals surface area contributed by atoms with Gasteiger partial charge in [0.15, 0.2) is 5.82 Å². The van der Waals surface area contributed by atoms with Gasteiger partial charge in [0.05, 0.1) is 0 Å². The second kappa shape index (κ2) is 9.19. The highest BCUT2D eigenvalue weighted by Gasteiger charge is 2.20. The van der Waals surface area contributed by atoms with Crippen molar-refractivity contribution in [2.24, 2.45) is 0 Å². The summed E-state index contributed by atoms with van der Waals surface area (Å²) in [5.41, 5.74) is 0. The van der Waals surface area contributed by atoms with Crippen molar-refractivity contribution in [2.75, 3.05) is 6.54 Å². The summed E-state index contributed by atoms with van der Waals surface area (Å²) in [7, 11) is 0. The van der Waals surface area contributed by atoms with Crippen LogP contribution in [0.4, 0.5) is 0 Å². The summed E-state index contributed by atoms with van der Waals surface area (Å²) < 4.78 is 5.50. The Hall–Kier alpha value is -0.900. The Labute approximate surface area is 129 Å². The molecule has 1 unspecified atom stereocenters. The summed E-state index contributed by atoms with van der Waals surface area (Å²) in [6.45, 7) is 5.46. The maximum Gasteiger partial charge on any atom is 0.228 e. The molecule has 1 aliphatic carbocycles. The van der Waals surface area contributed by atoms with Crippen LogP contribution in [0, 0.1) is 0 Å². The lowest BCUT2D eigenvalue weighted by atomic mass is 9.91. The van der Waals surface area contributed by atoms with Crippen LogP contribution in [0.25, 0.3) is 0 Å². The van der Waals surface area contributed by atoms with Crippen LogP contribution in [0.15, 0.2) is 4.52 Å². The highest BCUT2D eigenvalue weighted by atomic mass is 16.5. The van der Waals surface area contributed by atoms with Gasteiger partial charge in [-0.1, -0.05) is 51.1 Å². The first-order valence-electron chi connectivity index (χ1n) is 8.89. The summed E-state index contributed by atoms with van der Waals surface area (Å²) >= 11 is 0. The number of nitrogens with one attached hydrogen (secondary N) is 1. The third-order valence-electron chi connectivity index (χ3n) is 4.55. The molecule has 0 aromatic carbocycles. The fourth-order valence-corrected chi connectivity index (χ4v) is 3.15. The smallest absolute Gasteiger partial charge is 0.228 e. The lowest BCUT2D eigenvalue weighted by Crippen LogP contribution is -2.31. The molecule has 0 radical (unpaired) electrons. The highest BCUT2D eigenvalue weighted by molar-refractivity contribution is 4.97. The Morgan fingerprint density at radius 1 is 1.14 bits per heavy atom. The second-order valence-electron chi connectivity index (χ2n) is 6.35. The molecule has 0 saturated heterocycles. The van der Waals surface area contributed by atoms with Gasteiger partial charge in [-0.15, -0.1) is 0 Å². The van der Waals surface area contributed by atoms with Gasteiger partial charge in [0.1, 0.15) is 0 Å². The molecule has 4 nitrogen and oxygen atoms in total. The van der Waals surface area contributed by atoms with E-state index < -0.39 is 0 Å². The zero-order valence-corrected chi connectivity index (χ0v) is 13.7. The molecular weight excluding hydrogens is 262 g/mol. The molecule has 1 aromatic heterocycles. The van der Waals surface area contributed by atoms with Crippen molar-refractivity contribution in [1.82, 2.24) is 15.5 Å². The van der Waals surface area contributed by atoms with Crippen molar-refractivity contribution >= 4 is 0 Å². The Bertz CT molecular complexity index is 383. The summed E-state index contributed by atoms with van der Waals surface area (Å²) in [6.07, 6.45) is 12.3. The van der Waals surface area contributed by atoms with E-state index in [0.29, 0.717) is 12.0 Å². The molecule has 4 heteroatoms. The zero-order valence-electron chi connectivity index (χ0n) is 13.7. The second-order valence-corrected chi connectivity index (χ2v) is 6.35. The van der Waals surface area contributed by atoms with E-state index in [9.17, 15) is 0 Å². The molecule has 1 aromatic rings. The molecule has 1 fully saturated rings. The van der Waals surface area contributed by atoms with E-state index in [1.807, 2.05) is 0 Å². The van der Waals surface area contributed by atoms with Crippen LogP contribution in [-0.2, 0) is 6.42 Å². The van der Waals surface area contributed by atoms with Crippen LogP contribution in [-0.4, -0.2) is 22.7 Å². The van der Waals surface area contributed by atoms with Gasteiger partial charge in [-0.05, 0) is 32.2 Å². The molecule has 21 heavy (non-hydrogen) atoms. The van der Waals surface area contributed by atoms with E-state index in [0.717, 1.165) is 37.5 Å². The number of nitrogens with zero attached hydrogens (tertiary/aromatic N) is 2. The highest BCUT2D eigenvalue weighted by Crippen LogP contribution is 2.29. The van der Waals surface area contributed by atoms with Crippen molar-refractivity contribution in [2.45, 2.75) is 90.0 Å². The summed E-state index contributed by atoms with van der Waals surface area (Å²) in [5.74, 6) is 2.28. The van der Waals surface area contributed by atoms with Gasteiger partial charge in [0.25, 0.3) is 0 Å². The fraction of sp³-hybridized carbons (Fsp3) is 0.882. The average Bonchev–Trinajstić information content (AvgIpc) is 2.91. The standard InChI is InChI=1S/C17H31N3O/c1-3-12-18-15(4-2)13-16-19-17(20-21-16)14-10-8-6-5-7-9-11-14/h14-15,18H,3-13H2,1-2H3. The molecule has 0 bridgehead atoms. The molecule has 0 spiro atoms. The van der Waals surface area contributed by atoms with Crippen LogP contribution in [0.3, 0.4) is 0 Å². The first kappa shape index (κ1) is 16.5. The van der Waals surface area contributed by atoms with Crippen molar-refractivity contribution in [1.29, 1.82) is 0 Å². The summed E-state index contributed by atoms with van der Waals surface area (Å²) in [4.78, 5) is 4.68. The minimum atomic E-state index is 0.454. The van der Waals surface area contributed by atoms with E-state index in [1.165, 1.54) is 44.9 Å². The predicted molar refractivity (Wildman–Crippen MR) is 85.4 cm³/mol. The monoisotopic (exact) mass is 293 g/mol. The van der Waals surface area contributed by atoms with Gasteiger partial charge in [-0.3, -0.25) is 0 Å². The lowest BCUT2D eigenvalue weighted by Gasteiger charge is -2.16. The molecule has 120 valence electrons. The average molecular weight is 293 g/mol. The molecule has 2 rings (SSSR count). The van der Waals surface area contributed by atoms with Gasteiger partial charge in [0, 0.05) is 18.4 Å². The Kier molecular flexibility index (Phi) is 7.20. The number of hydrogen-bond donors (Lipinski definition) is 1. The molecule has 1 saturated carbocycles. The SMILES string of the molecule is CCCNC(CC)Cc1nc(C2CCCCCCC2)no1. The Balaban J connectivity index is 1.89. The van der Waals surface area contributed by atoms with Gasteiger partial charge in [-0.2, -0.15) is 4.98 Å². The quantitative estimate of drug-likeness (QED) is 0.818. The van der Waals surface area contributed by atoms with Crippen molar-refractivity contribution in [3.05, 3.63) is 11.7 Å². The minimum absolute atomic E-state index is 0.454. The van der Waals surface area contributed by atoms with Gasteiger partial charge in [-0.25, -0.2) is 0 Å². The van der Waals surface area contributed by atoms with Crippen molar-refractivity contribution < 1.29 is 4.52 Å². The normalized spacial score (nSPS) is 19.1. The number of hydrogen-bond acceptors (Lipinski definition) is 4. The maximum absolute atomic E-state index is 5.50. The van der Waals surface area contributed by atoms with E-state index in [-0.39, 0.29) is 0 Å². The van der Waals surface area contributed by atoms with E-state index in [1.54, 1.807) is 0 Å². The van der Waals surface area contributed by atoms with E-state index in [4.69, 9.17) is 4.52 Å². The third kappa shape index (κ3) is 5.42. The fourth-order valence-electron chi connectivity index (χ4n) is 3.15. The molecule has 0 amide bonds. The summed E-state index contributed by atoms with van der Waals surface area (Å²) in [6, 6.07) is 0.454.